The molecule has 0 aliphatic rings. The van der Waals surface area contributed by atoms with Gasteiger partial charge >= 0.3 is 0 Å². The van der Waals surface area contributed by atoms with Gasteiger partial charge in [0.2, 0.25) is 5.91 Å². The van der Waals surface area contributed by atoms with Gasteiger partial charge in [-0.05, 0) is 24.6 Å². The molecule has 0 heterocycles. The smallest absolute Gasteiger partial charge is 0.253 e. The number of amides is 2. The van der Waals surface area contributed by atoms with E-state index in [9.17, 15) is 9.59 Å². The van der Waals surface area contributed by atoms with Crippen molar-refractivity contribution in [1.29, 1.82) is 0 Å². The highest BCUT2D eigenvalue weighted by Crippen LogP contribution is 2.23. The van der Waals surface area contributed by atoms with E-state index in [0.717, 1.165) is 0 Å². The van der Waals surface area contributed by atoms with Crippen LogP contribution in [-0.4, -0.2) is 36.9 Å². The second-order valence-electron chi connectivity index (χ2n) is 4.40. The fourth-order valence-corrected chi connectivity index (χ4v) is 1.59. The minimum Gasteiger partial charge on any atom is -0.345 e. The van der Waals surface area contributed by atoms with Crippen LogP contribution in [0.15, 0.2) is 18.2 Å². The number of carbonyl (C=O) groups excluding carboxylic acids is 2. The number of halogens is 1. The van der Waals surface area contributed by atoms with Gasteiger partial charge in [0.15, 0.2) is 0 Å². The molecule has 3 N–H and O–H groups in total. The van der Waals surface area contributed by atoms with Gasteiger partial charge in [0.05, 0.1) is 16.8 Å². The summed E-state index contributed by atoms with van der Waals surface area (Å²) in [4.78, 5) is 25.0. The van der Waals surface area contributed by atoms with Crippen LogP contribution in [0.1, 0.15) is 23.7 Å². The first kappa shape index (κ1) is 15.5. The van der Waals surface area contributed by atoms with Crippen molar-refractivity contribution in [3.63, 3.8) is 0 Å². The van der Waals surface area contributed by atoms with Crippen molar-refractivity contribution in [3.8, 4) is 0 Å². The quantitative estimate of drug-likeness (QED) is 0.883. The maximum atomic E-state index is 11.8. The highest BCUT2D eigenvalue weighted by atomic mass is 35.5. The number of carbonyl (C=O) groups is 2. The molecule has 0 bridgehead atoms. The predicted molar refractivity (Wildman–Crippen MR) is 76.4 cm³/mol. The van der Waals surface area contributed by atoms with Crippen molar-refractivity contribution in [3.05, 3.63) is 28.8 Å². The second-order valence-corrected chi connectivity index (χ2v) is 4.81. The lowest BCUT2D eigenvalue weighted by atomic mass is 10.1. The van der Waals surface area contributed by atoms with Gasteiger partial charge in [-0.1, -0.05) is 18.5 Å². The summed E-state index contributed by atoms with van der Waals surface area (Å²) in [7, 11) is 3.31. The number of anilines is 1. The lowest BCUT2D eigenvalue weighted by Crippen LogP contribution is -2.35. The minimum absolute atomic E-state index is 0.160. The second kappa shape index (κ2) is 6.54. The number of nitrogens with zero attached hydrogens (tertiary/aromatic N) is 1. The zero-order valence-corrected chi connectivity index (χ0v) is 12.0. The molecule has 1 atom stereocenters. The standard InChI is InChI=1S/C13H18ClN3O2/c1-4-10(15)12(18)16-11-7-8(5-6-9(11)14)13(19)17(2)3/h5-7,10H,4,15H2,1-3H3,(H,16,18)/t10-/m0/s1. The molecule has 0 fully saturated rings. The maximum absolute atomic E-state index is 11.8. The molecular weight excluding hydrogens is 266 g/mol. The Morgan fingerprint density at radius 2 is 2.05 bits per heavy atom. The van der Waals surface area contributed by atoms with Crippen LogP contribution in [0, 0.1) is 0 Å². The first-order valence-electron chi connectivity index (χ1n) is 5.94. The van der Waals surface area contributed by atoms with E-state index in [2.05, 4.69) is 5.32 Å². The van der Waals surface area contributed by atoms with Gasteiger partial charge in [0.25, 0.3) is 5.91 Å². The zero-order chi connectivity index (χ0) is 14.6. The normalized spacial score (nSPS) is 11.8. The van der Waals surface area contributed by atoms with Gasteiger partial charge in [-0.2, -0.15) is 0 Å². The number of rotatable bonds is 4. The Labute approximate surface area is 117 Å². The Balaban J connectivity index is 2.98. The van der Waals surface area contributed by atoms with Gasteiger partial charge in [-0.3, -0.25) is 9.59 Å². The Hall–Kier alpha value is -1.59. The molecular formula is C13H18ClN3O2. The van der Waals surface area contributed by atoms with Crippen LogP contribution >= 0.6 is 11.6 Å². The summed E-state index contributed by atoms with van der Waals surface area (Å²) in [6.45, 7) is 1.82. The molecule has 0 saturated heterocycles. The first-order chi connectivity index (χ1) is 8.86. The fourth-order valence-electron chi connectivity index (χ4n) is 1.42. The Morgan fingerprint density at radius 3 is 2.58 bits per heavy atom. The van der Waals surface area contributed by atoms with Crippen LogP contribution in [0.25, 0.3) is 0 Å². The molecule has 1 aromatic rings. The maximum Gasteiger partial charge on any atom is 0.253 e. The third-order valence-electron chi connectivity index (χ3n) is 2.65. The van der Waals surface area contributed by atoms with Crippen molar-refractivity contribution in [2.75, 3.05) is 19.4 Å². The van der Waals surface area contributed by atoms with Crippen LogP contribution in [0.5, 0.6) is 0 Å². The molecule has 0 aromatic heterocycles. The van der Waals surface area contributed by atoms with Gasteiger partial charge < -0.3 is 16.0 Å². The summed E-state index contributed by atoms with van der Waals surface area (Å²) in [5.41, 5.74) is 6.48. The summed E-state index contributed by atoms with van der Waals surface area (Å²) >= 11 is 5.99. The molecule has 0 unspecified atom stereocenters. The van der Waals surface area contributed by atoms with Gasteiger partial charge in [0.1, 0.15) is 0 Å². The predicted octanol–water partition coefficient (Wildman–Crippen LogP) is 1.72. The fraction of sp³-hybridized carbons (Fsp3) is 0.385. The van der Waals surface area contributed by atoms with Gasteiger partial charge in [-0.25, -0.2) is 0 Å². The number of nitrogens with one attached hydrogen (secondary N) is 1. The highest BCUT2D eigenvalue weighted by Gasteiger charge is 2.15. The van der Waals surface area contributed by atoms with Gasteiger partial charge in [0, 0.05) is 19.7 Å². The summed E-state index contributed by atoms with van der Waals surface area (Å²) in [6, 6.07) is 4.14. The van der Waals surface area contributed by atoms with E-state index in [-0.39, 0.29) is 11.8 Å². The Kier molecular flexibility index (Phi) is 5.32. The van der Waals surface area contributed by atoms with E-state index in [1.807, 2.05) is 6.92 Å². The van der Waals surface area contributed by atoms with E-state index < -0.39 is 6.04 Å². The molecule has 0 radical (unpaired) electrons. The van der Waals surface area contributed by atoms with Crippen LogP contribution in [0.4, 0.5) is 5.69 Å². The molecule has 0 saturated carbocycles. The molecule has 5 nitrogen and oxygen atoms in total. The van der Waals surface area contributed by atoms with E-state index in [0.29, 0.717) is 22.7 Å². The van der Waals surface area contributed by atoms with Crippen molar-refractivity contribution < 1.29 is 9.59 Å². The lowest BCUT2D eigenvalue weighted by Gasteiger charge is -2.14. The van der Waals surface area contributed by atoms with E-state index >= 15 is 0 Å². The summed E-state index contributed by atoms with van der Waals surface area (Å²) < 4.78 is 0. The van der Waals surface area contributed by atoms with Gasteiger partial charge in [-0.15, -0.1) is 0 Å². The minimum atomic E-state index is -0.593. The van der Waals surface area contributed by atoms with E-state index in [1.54, 1.807) is 32.3 Å². The summed E-state index contributed by atoms with van der Waals surface area (Å²) in [6.07, 6.45) is 0.528. The number of hydrogen-bond acceptors (Lipinski definition) is 3. The number of hydrogen-bond donors (Lipinski definition) is 2. The lowest BCUT2D eigenvalue weighted by molar-refractivity contribution is -0.117. The Morgan fingerprint density at radius 1 is 1.42 bits per heavy atom. The summed E-state index contributed by atoms with van der Waals surface area (Å²) in [5, 5.41) is 3.00. The third kappa shape index (κ3) is 3.94. The molecule has 6 heteroatoms. The van der Waals surface area contributed by atoms with Crippen molar-refractivity contribution >= 4 is 29.1 Å². The number of nitrogens with two attached hydrogens (primary N) is 1. The number of benzene rings is 1. The third-order valence-corrected chi connectivity index (χ3v) is 2.98. The van der Waals surface area contributed by atoms with E-state index in [4.69, 9.17) is 17.3 Å². The molecule has 1 aromatic carbocycles. The molecule has 0 spiro atoms. The van der Waals surface area contributed by atoms with E-state index in [1.165, 1.54) is 4.90 Å². The van der Waals surface area contributed by atoms with Crippen LogP contribution in [0.3, 0.4) is 0 Å². The largest absolute Gasteiger partial charge is 0.345 e. The van der Waals surface area contributed by atoms with Crippen LogP contribution in [0.2, 0.25) is 5.02 Å². The van der Waals surface area contributed by atoms with Crippen molar-refractivity contribution in [2.45, 2.75) is 19.4 Å². The highest BCUT2D eigenvalue weighted by molar-refractivity contribution is 6.34. The van der Waals surface area contributed by atoms with Crippen LogP contribution < -0.4 is 11.1 Å². The average molecular weight is 284 g/mol. The molecule has 104 valence electrons. The molecule has 0 aliphatic carbocycles. The first-order valence-corrected chi connectivity index (χ1v) is 6.32. The Bertz CT molecular complexity index is 489. The summed E-state index contributed by atoms with van der Waals surface area (Å²) in [5.74, 6) is -0.481. The van der Waals surface area contributed by atoms with Crippen LogP contribution in [-0.2, 0) is 4.79 Å². The molecule has 1 rings (SSSR count). The zero-order valence-electron chi connectivity index (χ0n) is 11.2. The molecule has 19 heavy (non-hydrogen) atoms. The topological polar surface area (TPSA) is 75.4 Å². The molecule has 0 aliphatic heterocycles. The average Bonchev–Trinajstić information content (AvgIpc) is 2.39. The molecule has 2 amide bonds. The van der Waals surface area contributed by atoms with Crippen molar-refractivity contribution in [2.24, 2.45) is 5.73 Å². The monoisotopic (exact) mass is 283 g/mol. The van der Waals surface area contributed by atoms with Crippen molar-refractivity contribution in [1.82, 2.24) is 4.90 Å². The SMILES string of the molecule is CC[C@H](N)C(=O)Nc1cc(C(=O)N(C)C)ccc1Cl.